The van der Waals surface area contributed by atoms with E-state index >= 15 is 0 Å². The van der Waals surface area contributed by atoms with Crippen LogP contribution in [0, 0.1) is 35.5 Å². The lowest BCUT2D eigenvalue weighted by Crippen LogP contribution is -2.40. The normalized spacial score (nSPS) is 13.6. The van der Waals surface area contributed by atoms with Crippen LogP contribution in [0.5, 0.6) is 0 Å². The zero-order valence-electron chi connectivity index (χ0n) is 68.3. The molecule has 0 radical (unpaired) electrons. The van der Waals surface area contributed by atoms with Gasteiger partial charge in [-0.2, -0.15) is 0 Å². The molecule has 0 aliphatic carbocycles. The first-order valence-electron chi connectivity index (χ1n) is 37.6. The molecule has 102 heavy (non-hydrogen) atoms. The molecule has 0 saturated carbocycles. The highest BCUT2D eigenvalue weighted by atomic mass is 28.3. The highest BCUT2D eigenvalue weighted by Crippen LogP contribution is 2.45. The van der Waals surface area contributed by atoms with Crippen LogP contribution in [0.1, 0.15) is 192 Å². The molecule has 0 spiro atoms. The molecule has 0 N–H and O–H groups in total. The molecule has 0 aliphatic heterocycles. The second-order valence-electron chi connectivity index (χ2n) is 40.4. The largest absolute Gasteiger partial charge is 0.251 e. The lowest BCUT2D eigenvalue weighted by Gasteiger charge is -2.37. The van der Waals surface area contributed by atoms with Gasteiger partial charge in [-0.3, -0.25) is 29.9 Å². The van der Waals surface area contributed by atoms with Crippen molar-refractivity contribution in [2.45, 2.75) is 270 Å². The summed E-state index contributed by atoms with van der Waals surface area (Å²) in [5.41, 5.74) is 17.6. The predicted molar refractivity (Wildman–Crippen MR) is 461 cm³/mol. The van der Waals surface area contributed by atoms with Crippen molar-refractivity contribution >= 4 is 114 Å². The fourth-order valence-electron chi connectivity index (χ4n) is 12.3. The van der Waals surface area contributed by atoms with Gasteiger partial charge >= 0.3 is 0 Å². The van der Waals surface area contributed by atoms with Crippen molar-refractivity contribution in [3.05, 3.63) is 177 Å². The molecule has 0 fully saturated rings. The van der Waals surface area contributed by atoms with Gasteiger partial charge in [-0.1, -0.05) is 257 Å². The maximum atomic E-state index is 5.60. The van der Waals surface area contributed by atoms with Gasteiger partial charge in [-0.15, -0.1) is 0 Å². The first-order chi connectivity index (χ1) is 46.7. The summed E-state index contributed by atoms with van der Waals surface area (Å²) in [6.07, 6.45) is 0. The van der Waals surface area contributed by atoms with Crippen LogP contribution in [0.25, 0.3) is 65.4 Å². The Hall–Kier alpha value is -6.68. The number of hydrogen-bond donors (Lipinski definition) is 0. The molecular weight excluding hydrogens is 1330 g/mol. The fourth-order valence-corrected chi connectivity index (χ4v) is 22.1. The minimum atomic E-state index is -1.75. The van der Waals surface area contributed by atoms with Crippen LogP contribution in [-0.4, -0.2) is 78.3 Å². The van der Waals surface area contributed by atoms with Gasteiger partial charge in [-0.05, 0) is 157 Å². The molecule has 0 aliphatic rings. The van der Waals surface area contributed by atoms with E-state index in [1.54, 1.807) is 0 Å². The second kappa shape index (κ2) is 27.3. The molecule has 534 valence electrons. The number of aromatic nitrogens is 6. The van der Waals surface area contributed by atoms with E-state index in [4.69, 9.17) is 29.9 Å². The smallest absolute Gasteiger partial charge is 0.0980 e. The van der Waals surface area contributed by atoms with Gasteiger partial charge < -0.3 is 0 Å². The summed E-state index contributed by atoms with van der Waals surface area (Å²) < 4.78 is 0. The van der Waals surface area contributed by atoms with Crippen LogP contribution in [0.2, 0.25) is 109 Å². The number of nitrogens with zero attached hydrogens (tertiary/aromatic N) is 6. The summed E-state index contributed by atoms with van der Waals surface area (Å²) in [4.78, 5) is 33.4. The molecule has 10 aromatic rings. The van der Waals surface area contributed by atoms with E-state index in [0.29, 0.717) is 0 Å². The van der Waals surface area contributed by atoms with E-state index < -0.39 is 48.4 Å². The Morgan fingerprint density at radius 2 is 0.402 bits per heavy atom. The van der Waals surface area contributed by atoms with Gasteiger partial charge in [0.15, 0.2) is 0 Å². The van der Waals surface area contributed by atoms with E-state index in [2.05, 4.69) is 348 Å². The summed E-state index contributed by atoms with van der Waals surface area (Å²) >= 11 is 0. The summed E-state index contributed by atoms with van der Waals surface area (Å²) in [7, 11) is -10.4. The van der Waals surface area contributed by atoms with Crippen LogP contribution in [-0.2, 0) is 36.3 Å². The molecule has 0 atom stereocenters. The van der Waals surface area contributed by atoms with E-state index in [1.807, 2.05) is 0 Å². The molecule has 6 heterocycles. The maximum absolute atomic E-state index is 5.60. The van der Waals surface area contributed by atoms with Crippen molar-refractivity contribution in [1.82, 2.24) is 29.9 Å². The molecular formula is C90H120N6Si6. The molecule has 6 nitrogen and oxygen atoms in total. The standard InChI is InChI=1S/C90H120N6Si6/c1-85(2,3)97(19,20)55-70-40-37-67-52-64(76-46-43-73(94-82(76)79(67)91-70)58-100(25,26)88(10,11)12)34-31-61-49-62(32-35-65-53-68-38-41-71(56-98(21,22)86(4,5)6)92-80(68)83-77(65)47-44-74(95-83)59-101(27,28)89(13,14)15)51-63(50-61)33-36-66-54-69-39-42-72(57-99(23,24)87(7,8)9)93-81(69)84-78(66)48-45-75(96-84)60-102(29,30)90(16,17)18/h37-54H,55-60H2,1-30H3. The van der Waals surface area contributed by atoms with Gasteiger partial charge in [-0.25, -0.2) is 0 Å². The van der Waals surface area contributed by atoms with Crippen LogP contribution in [0.4, 0.5) is 0 Å². The van der Waals surface area contributed by atoms with Crippen molar-refractivity contribution in [1.29, 1.82) is 0 Å². The third kappa shape index (κ3) is 16.7. The molecule has 0 unspecified atom stereocenters. The van der Waals surface area contributed by atoms with Gasteiger partial charge in [0, 0.05) is 99.9 Å². The van der Waals surface area contributed by atoms with Crippen molar-refractivity contribution in [2.24, 2.45) is 0 Å². The molecule has 6 aromatic heterocycles. The Morgan fingerprint density at radius 1 is 0.225 bits per heavy atom. The number of hydrogen-bond acceptors (Lipinski definition) is 6. The van der Waals surface area contributed by atoms with Gasteiger partial charge in [0.2, 0.25) is 0 Å². The van der Waals surface area contributed by atoms with Gasteiger partial charge in [0.1, 0.15) is 0 Å². The van der Waals surface area contributed by atoms with Crippen molar-refractivity contribution in [3.63, 3.8) is 0 Å². The molecule has 0 amide bonds. The quantitative estimate of drug-likeness (QED) is 0.0689. The Morgan fingerprint density at radius 3 is 0.588 bits per heavy atom. The lowest BCUT2D eigenvalue weighted by atomic mass is 10.0. The molecule has 10 rings (SSSR count). The van der Waals surface area contributed by atoms with Crippen molar-refractivity contribution < 1.29 is 0 Å². The van der Waals surface area contributed by atoms with Crippen LogP contribution >= 0.6 is 0 Å². The first-order valence-corrected chi connectivity index (χ1v) is 56.8. The highest BCUT2D eigenvalue weighted by Gasteiger charge is 2.41. The monoisotopic (exact) mass is 1450 g/mol. The zero-order valence-corrected chi connectivity index (χ0v) is 74.3. The Balaban J connectivity index is 1.18. The van der Waals surface area contributed by atoms with Crippen molar-refractivity contribution in [2.75, 3.05) is 0 Å². The third-order valence-corrected chi connectivity index (χ3v) is 58.0. The molecule has 4 aromatic carbocycles. The average molecular weight is 1450 g/mol. The Bertz CT molecular complexity index is 4630. The predicted octanol–water partition coefficient (Wildman–Crippen LogP) is 24.7. The van der Waals surface area contributed by atoms with Crippen LogP contribution in [0.15, 0.2) is 109 Å². The van der Waals surface area contributed by atoms with E-state index in [9.17, 15) is 0 Å². The molecule has 0 bridgehead atoms. The minimum Gasteiger partial charge on any atom is -0.251 e. The van der Waals surface area contributed by atoms with Crippen LogP contribution < -0.4 is 0 Å². The highest BCUT2D eigenvalue weighted by molar-refractivity contribution is 6.81. The van der Waals surface area contributed by atoms with Crippen molar-refractivity contribution in [3.8, 4) is 35.5 Å². The number of rotatable bonds is 12. The Kier molecular flexibility index (Phi) is 20.9. The molecule has 12 heteroatoms. The third-order valence-electron chi connectivity index (χ3n) is 26.1. The van der Waals surface area contributed by atoms with E-state index in [0.717, 1.165) is 169 Å². The summed E-state index contributed by atoms with van der Waals surface area (Å²) in [5.74, 6) is 22.4. The minimum absolute atomic E-state index is 0.207. The van der Waals surface area contributed by atoms with E-state index in [-0.39, 0.29) is 30.2 Å². The summed E-state index contributed by atoms with van der Waals surface area (Å²) in [6.45, 7) is 73.0. The number of benzene rings is 4. The first kappa shape index (κ1) is 77.9. The Labute approximate surface area is 621 Å². The number of fused-ring (bicyclic) bond motifs is 9. The maximum Gasteiger partial charge on any atom is 0.0980 e. The SMILES string of the molecule is CC(C)(C)[Si](C)(C)Cc1ccc2cc(C#Cc3cc(C#Cc4cc5ccc(C[Si](C)(C)C(C)(C)C)nc5c5nc(C[Si](C)(C)C(C)(C)C)ccc45)cc(C#Cc4cc5ccc(C[Si](C)(C)C(C)(C)C)nc5c5nc(C[Si](C)(C)C(C)(C)C)ccc45)c3)c3ccc(C[Si](C)(C)C(C)(C)C)nc3c2n1. The van der Waals surface area contributed by atoms with Crippen LogP contribution in [0.3, 0.4) is 0 Å². The summed E-state index contributed by atoms with van der Waals surface area (Å²) in [6, 6.07) is 46.1. The topological polar surface area (TPSA) is 77.3 Å². The summed E-state index contributed by atoms with van der Waals surface area (Å²) in [5, 5.41) is 7.48. The zero-order chi connectivity index (χ0) is 75.3. The average Bonchev–Trinajstić information content (AvgIpc) is 0.765. The lowest BCUT2D eigenvalue weighted by molar-refractivity contribution is 0.712. The number of pyridine rings is 6. The fraction of sp³-hybridized carbons (Fsp3) is 0.467. The van der Waals surface area contributed by atoms with Gasteiger partial charge in [0.25, 0.3) is 0 Å². The van der Waals surface area contributed by atoms with Gasteiger partial charge in [0.05, 0.1) is 81.5 Å². The molecule has 0 saturated heterocycles. The van der Waals surface area contributed by atoms with E-state index in [1.165, 1.54) is 0 Å². The second-order valence-corrected chi connectivity index (χ2v) is 74.1.